The summed E-state index contributed by atoms with van der Waals surface area (Å²) < 4.78 is 0. The standard InChI is InChI=1S/C3H6.Sr.2H/c1-3-2;;;/h3H,1H2,2H3;;;/q;+2;2*-1. The number of hydrogen-bond acceptors (Lipinski definition) is 0. The van der Waals surface area contributed by atoms with Gasteiger partial charge in [0, 0.05) is 0 Å². The zero-order valence-corrected chi connectivity index (χ0v) is 6.47. The Morgan fingerprint density at radius 2 is 2.00 bits per heavy atom. The molecule has 0 amide bonds. The maximum Gasteiger partial charge on any atom is 2.00 e. The average molecular weight is 132 g/mol. The van der Waals surface area contributed by atoms with Crippen LogP contribution in [0.3, 0.4) is 0 Å². The predicted octanol–water partition coefficient (Wildman–Crippen LogP) is 1.04. The van der Waals surface area contributed by atoms with Gasteiger partial charge in [-0.2, -0.15) is 0 Å². The molecule has 0 spiro atoms. The van der Waals surface area contributed by atoms with Crippen LogP contribution in [-0.2, 0) is 0 Å². The first-order valence-electron chi connectivity index (χ1n) is 0.986. The molecule has 0 nitrogen and oxygen atoms in total. The minimum absolute atomic E-state index is 0. The Morgan fingerprint density at radius 3 is 2.00 bits per heavy atom. The second-order valence-electron chi connectivity index (χ2n) is 0.408. The van der Waals surface area contributed by atoms with Crippen LogP contribution < -0.4 is 0 Å². The summed E-state index contributed by atoms with van der Waals surface area (Å²) in [7, 11) is 0. The van der Waals surface area contributed by atoms with Crippen molar-refractivity contribution in [2.24, 2.45) is 0 Å². The van der Waals surface area contributed by atoms with Gasteiger partial charge >= 0.3 is 45.5 Å². The van der Waals surface area contributed by atoms with Crippen molar-refractivity contribution in [1.82, 2.24) is 0 Å². The van der Waals surface area contributed by atoms with Crippen molar-refractivity contribution in [1.29, 1.82) is 0 Å². The maximum atomic E-state index is 3.36. The SMILES string of the molecule is C=CC.[H-].[H-].[Sr+2]. The van der Waals surface area contributed by atoms with Crippen LogP contribution in [0.5, 0.6) is 0 Å². The molecule has 0 saturated heterocycles. The van der Waals surface area contributed by atoms with Crippen LogP contribution in [-0.4, -0.2) is 45.5 Å². The Balaban J connectivity index is -0.00000000667. The molecule has 22 valence electrons. The van der Waals surface area contributed by atoms with E-state index in [4.69, 9.17) is 0 Å². The van der Waals surface area contributed by atoms with Gasteiger partial charge in [-0.05, 0) is 6.92 Å². The largest absolute Gasteiger partial charge is 2.00 e. The molecule has 0 aliphatic carbocycles. The first-order valence-corrected chi connectivity index (χ1v) is 0.986. The van der Waals surface area contributed by atoms with E-state index >= 15 is 0 Å². The summed E-state index contributed by atoms with van der Waals surface area (Å²) in [5, 5.41) is 0. The van der Waals surface area contributed by atoms with Crippen LogP contribution in [0, 0.1) is 0 Å². The van der Waals surface area contributed by atoms with Gasteiger partial charge in [-0.3, -0.25) is 0 Å². The van der Waals surface area contributed by atoms with Gasteiger partial charge in [0.25, 0.3) is 0 Å². The smallest absolute Gasteiger partial charge is 1.00 e. The van der Waals surface area contributed by atoms with Crippen molar-refractivity contribution in [3.05, 3.63) is 12.7 Å². The van der Waals surface area contributed by atoms with Crippen LogP contribution in [0.15, 0.2) is 12.7 Å². The van der Waals surface area contributed by atoms with Crippen molar-refractivity contribution in [3.8, 4) is 0 Å². The monoisotopic (exact) mass is 132 g/mol. The van der Waals surface area contributed by atoms with E-state index in [9.17, 15) is 0 Å². The van der Waals surface area contributed by atoms with E-state index < -0.39 is 0 Å². The van der Waals surface area contributed by atoms with E-state index in [1.807, 2.05) is 6.92 Å². The van der Waals surface area contributed by atoms with Crippen LogP contribution in [0.2, 0.25) is 0 Å². The number of allylic oxidation sites excluding steroid dienone is 1. The van der Waals surface area contributed by atoms with Crippen LogP contribution in [0.25, 0.3) is 0 Å². The van der Waals surface area contributed by atoms with E-state index in [2.05, 4.69) is 6.58 Å². The van der Waals surface area contributed by atoms with Gasteiger partial charge in [-0.15, -0.1) is 6.58 Å². The third-order valence-electron chi connectivity index (χ3n) is 0. The van der Waals surface area contributed by atoms with Crippen LogP contribution >= 0.6 is 0 Å². The Kier molecular flexibility index (Phi) is 19.9. The summed E-state index contributed by atoms with van der Waals surface area (Å²) in [5.74, 6) is 0. The first kappa shape index (κ1) is 8.97. The Bertz CT molecular complexity index is 16.3. The van der Waals surface area contributed by atoms with Crippen molar-refractivity contribution in [2.45, 2.75) is 6.92 Å². The summed E-state index contributed by atoms with van der Waals surface area (Å²) in [4.78, 5) is 0. The van der Waals surface area contributed by atoms with Gasteiger partial charge in [0.15, 0.2) is 0 Å². The molecule has 0 unspecified atom stereocenters. The fraction of sp³-hybridized carbons (Fsp3) is 0.333. The van der Waals surface area contributed by atoms with Crippen LogP contribution in [0.1, 0.15) is 9.78 Å². The van der Waals surface area contributed by atoms with Crippen LogP contribution in [0.4, 0.5) is 0 Å². The fourth-order valence-electron chi connectivity index (χ4n) is 0. The molecular weight excluding hydrogens is 124 g/mol. The minimum atomic E-state index is 0. The van der Waals surface area contributed by atoms with Gasteiger partial charge in [0.2, 0.25) is 0 Å². The molecule has 0 saturated carbocycles. The van der Waals surface area contributed by atoms with Crippen molar-refractivity contribution < 1.29 is 2.85 Å². The summed E-state index contributed by atoms with van der Waals surface area (Å²) >= 11 is 0. The Morgan fingerprint density at radius 1 is 2.00 bits per heavy atom. The van der Waals surface area contributed by atoms with E-state index in [1.165, 1.54) is 0 Å². The summed E-state index contributed by atoms with van der Waals surface area (Å²) in [5.41, 5.74) is 0. The predicted molar refractivity (Wildman–Crippen MR) is 23.8 cm³/mol. The summed E-state index contributed by atoms with van der Waals surface area (Å²) in [6.07, 6.45) is 1.75. The molecule has 0 aromatic rings. The molecule has 1 heteroatoms. The van der Waals surface area contributed by atoms with Gasteiger partial charge in [-0.25, -0.2) is 0 Å². The molecular formula is C3H8Sr. The molecule has 0 fully saturated rings. The second kappa shape index (κ2) is 8.88. The van der Waals surface area contributed by atoms with Gasteiger partial charge < -0.3 is 2.85 Å². The fourth-order valence-corrected chi connectivity index (χ4v) is 0. The number of hydrogen-bond donors (Lipinski definition) is 0. The van der Waals surface area contributed by atoms with E-state index in [0.29, 0.717) is 0 Å². The quantitative estimate of drug-likeness (QED) is 0.341. The molecule has 0 heterocycles. The zero-order valence-electron chi connectivity index (χ0n) is 4.99. The van der Waals surface area contributed by atoms with E-state index in [-0.39, 0.29) is 48.3 Å². The normalized spacial score (nSPS) is 3.25. The molecule has 0 aromatic heterocycles. The maximum absolute atomic E-state index is 3.36. The second-order valence-corrected chi connectivity index (χ2v) is 0.408. The summed E-state index contributed by atoms with van der Waals surface area (Å²) in [6.45, 7) is 5.25. The molecule has 0 N–H and O–H groups in total. The molecule has 0 radical (unpaired) electrons. The third-order valence-corrected chi connectivity index (χ3v) is 0. The Labute approximate surface area is 67.1 Å². The minimum Gasteiger partial charge on any atom is -1.00 e. The van der Waals surface area contributed by atoms with Gasteiger partial charge in [0.05, 0.1) is 0 Å². The molecule has 0 aliphatic rings. The zero-order chi connectivity index (χ0) is 2.71. The third kappa shape index (κ3) is 10.7. The molecule has 0 aliphatic heterocycles. The van der Waals surface area contributed by atoms with Gasteiger partial charge in [0.1, 0.15) is 0 Å². The molecule has 0 atom stereocenters. The molecule has 0 bridgehead atoms. The molecule has 4 heavy (non-hydrogen) atoms. The Hall–Kier alpha value is 1.22. The van der Waals surface area contributed by atoms with Crippen molar-refractivity contribution in [3.63, 3.8) is 0 Å². The molecule has 0 aromatic carbocycles. The van der Waals surface area contributed by atoms with E-state index in [1.54, 1.807) is 6.08 Å². The topological polar surface area (TPSA) is 0 Å². The van der Waals surface area contributed by atoms with E-state index in [0.717, 1.165) is 0 Å². The number of rotatable bonds is 0. The van der Waals surface area contributed by atoms with Gasteiger partial charge in [-0.1, -0.05) is 6.08 Å². The van der Waals surface area contributed by atoms with Crippen molar-refractivity contribution in [2.75, 3.05) is 0 Å². The average Bonchev–Trinajstić information content (AvgIpc) is 0.918. The van der Waals surface area contributed by atoms with Crippen molar-refractivity contribution >= 4 is 45.5 Å². The molecule has 0 rings (SSSR count). The first-order chi connectivity index (χ1) is 1.41. The summed E-state index contributed by atoms with van der Waals surface area (Å²) in [6, 6.07) is 0.